The van der Waals surface area contributed by atoms with Gasteiger partial charge < -0.3 is 9.90 Å². The van der Waals surface area contributed by atoms with Crippen molar-refractivity contribution in [2.45, 2.75) is 27.3 Å². The van der Waals surface area contributed by atoms with Gasteiger partial charge in [0, 0.05) is 24.1 Å². The van der Waals surface area contributed by atoms with Crippen LogP contribution in [0.4, 0.5) is 0 Å². The molecule has 0 aliphatic carbocycles. The molecule has 1 heterocycles. The largest absolute Gasteiger partial charge is 0.550 e. The number of aliphatic carboxylic acids is 1. The molecule has 1 aromatic rings. The second-order valence-corrected chi connectivity index (χ2v) is 3.33. The van der Waals surface area contributed by atoms with E-state index in [0.29, 0.717) is 6.54 Å². The van der Waals surface area contributed by atoms with E-state index in [4.69, 9.17) is 0 Å². The zero-order valence-corrected chi connectivity index (χ0v) is 8.07. The summed E-state index contributed by atoms with van der Waals surface area (Å²) in [4.78, 5) is 10.5. The summed E-state index contributed by atoms with van der Waals surface area (Å²) in [6.07, 6.45) is 0. The van der Waals surface area contributed by atoms with E-state index < -0.39 is 11.9 Å². The second-order valence-electron chi connectivity index (χ2n) is 3.33. The number of carbonyl (C=O) groups excluding carboxylic acids is 1. The Balaban J connectivity index is 2.74. The molecule has 13 heavy (non-hydrogen) atoms. The molecule has 0 aromatic carbocycles. The molecular weight excluding hydrogens is 168 g/mol. The van der Waals surface area contributed by atoms with Gasteiger partial charge in [0.2, 0.25) is 0 Å². The van der Waals surface area contributed by atoms with Gasteiger partial charge in [-0.15, -0.1) is 0 Å². The van der Waals surface area contributed by atoms with Crippen LogP contribution in [-0.2, 0) is 11.3 Å². The van der Waals surface area contributed by atoms with Crippen molar-refractivity contribution in [3.8, 4) is 0 Å². The third-order valence-electron chi connectivity index (χ3n) is 1.95. The van der Waals surface area contributed by atoms with Crippen LogP contribution in [0.1, 0.15) is 18.3 Å². The van der Waals surface area contributed by atoms with Gasteiger partial charge in [0.15, 0.2) is 0 Å². The van der Waals surface area contributed by atoms with Crippen molar-refractivity contribution in [1.82, 2.24) is 9.78 Å². The van der Waals surface area contributed by atoms with Crippen LogP contribution in [0.3, 0.4) is 0 Å². The topological polar surface area (TPSA) is 58.0 Å². The minimum Gasteiger partial charge on any atom is -0.550 e. The molecule has 0 saturated carbocycles. The van der Waals surface area contributed by atoms with E-state index in [2.05, 4.69) is 5.10 Å². The van der Waals surface area contributed by atoms with Gasteiger partial charge >= 0.3 is 0 Å². The number of aromatic nitrogens is 2. The lowest BCUT2D eigenvalue weighted by Gasteiger charge is -2.13. The number of nitrogens with zero attached hydrogens (tertiary/aromatic N) is 2. The van der Waals surface area contributed by atoms with Crippen molar-refractivity contribution in [1.29, 1.82) is 0 Å². The Morgan fingerprint density at radius 2 is 2.31 bits per heavy atom. The molecule has 0 N–H and O–H groups in total. The van der Waals surface area contributed by atoms with Crippen LogP contribution in [-0.4, -0.2) is 15.7 Å². The Morgan fingerprint density at radius 3 is 2.69 bits per heavy atom. The molecule has 0 spiro atoms. The van der Waals surface area contributed by atoms with Crippen molar-refractivity contribution in [3.63, 3.8) is 0 Å². The van der Waals surface area contributed by atoms with Gasteiger partial charge in [-0.2, -0.15) is 5.10 Å². The minimum absolute atomic E-state index is 0.377. The first-order chi connectivity index (χ1) is 6.00. The lowest BCUT2D eigenvalue weighted by Crippen LogP contribution is -2.32. The molecule has 0 aliphatic heterocycles. The molecule has 1 rings (SSSR count). The normalized spacial score (nSPS) is 12.8. The monoisotopic (exact) mass is 181 g/mol. The predicted molar refractivity (Wildman–Crippen MR) is 45.9 cm³/mol. The summed E-state index contributed by atoms with van der Waals surface area (Å²) in [5.74, 6) is -1.54. The highest BCUT2D eigenvalue weighted by atomic mass is 16.4. The van der Waals surface area contributed by atoms with Crippen LogP contribution < -0.4 is 5.11 Å². The van der Waals surface area contributed by atoms with Crippen LogP contribution in [0.25, 0.3) is 0 Å². The average molecular weight is 181 g/mol. The molecule has 1 aromatic heterocycles. The molecule has 0 bridgehead atoms. The SMILES string of the molecule is Cc1cc(C)n(C[C@H](C)C(=O)[O-])n1. The number of hydrogen-bond acceptors (Lipinski definition) is 3. The van der Waals surface area contributed by atoms with Gasteiger partial charge in [0.25, 0.3) is 0 Å². The third kappa shape index (κ3) is 2.31. The molecule has 0 amide bonds. The first kappa shape index (κ1) is 9.77. The average Bonchev–Trinajstić information content (AvgIpc) is 2.30. The fourth-order valence-electron chi connectivity index (χ4n) is 1.19. The number of carboxylic acids is 1. The van der Waals surface area contributed by atoms with Crippen LogP contribution >= 0.6 is 0 Å². The van der Waals surface area contributed by atoms with Gasteiger partial charge in [-0.3, -0.25) is 4.68 Å². The Kier molecular flexibility index (Phi) is 2.70. The summed E-state index contributed by atoms with van der Waals surface area (Å²) < 4.78 is 1.69. The van der Waals surface area contributed by atoms with Crippen LogP contribution in [0.5, 0.6) is 0 Å². The van der Waals surface area contributed by atoms with Gasteiger partial charge in [0.1, 0.15) is 0 Å². The predicted octanol–water partition coefficient (Wildman–Crippen LogP) is -0.114. The summed E-state index contributed by atoms with van der Waals surface area (Å²) in [7, 11) is 0. The fraction of sp³-hybridized carbons (Fsp3) is 0.556. The van der Waals surface area contributed by atoms with Gasteiger partial charge in [-0.05, 0) is 19.9 Å². The molecule has 4 heteroatoms. The maximum absolute atomic E-state index is 10.5. The molecular formula is C9H13N2O2-. The summed E-state index contributed by atoms with van der Waals surface area (Å²) >= 11 is 0. The Morgan fingerprint density at radius 1 is 1.69 bits per heavy atom. The molecule has 0 unspecified atom stereocenters. The Labute approximate surface area is 77.2 Å². The zero-order chi connectivity index (χ0) is 10.0. The maximum atomic E-state index is 10.5. The standard InChI is InChI=1S/C9H14N2O2/c1-6(9(12)13)5-11-8(3)4-7(2)10-11/h4,6H,5H2,1-3H3,(H,12,13)/p-1/t6-/m0/s1. The van der Waals surface area contributed by atoms with Gasteiger partial charge in [-0.1, -0.05) is 6.92 Å². The lowest BCUT2D eigenvalue weighted by atomic mass is 10.2. The highest BCUT2D eigenvalue weighted by Gasteiger charge is 2.07. The second kappa shape index (κ2) is 3.60. The first-order valence-corrected chi connectivity index (χ1v) is 4.22. The molecule has 4 nitrogen and oxygen atoms in total. The summed E-state index contributed by atoms with van der Waals surface area (Å²) in [5.41, 5.74) is 1.88. The van der Waals surface area contributed by atoms with E-state index in [1.807, 2.05) is 19.9 Å². The van der Waals surface area contributed by atoms with Gasteiger partial charge in [0.05, 0.1) is 5.69 Å². The van der Waals surface area contributed by atoms with Crippen molar-refractivity contribution in [3.05, 3.63) is 17.5 Å². The Bertz CT molecular complexity index is 317. The maximum Gasteiger partial charge on any atom is 0.0596 e. The van der Waals surface area contributed by atoms with Crippen LogP contribution in [0.15, 0.2) is 6.07 Å². The fourth-order valence-corrected chi connectivity index (χ4v) is 1.19. The minimum atomic E-state index is -1.03. The highest BCUT2D eigenvalue weighted by Crippen LogP contribution is 2.05. The number of carboxylic acid groups (broad SMARTS) is 1. The van der Waals surface area contributed by atoms with E-state index in [1.54, 1.807) is 11.6 Å². The van der Waals surface area contributed by atoms with Crippen LogP contribution in [0, 0.1) is 19.8 Å². The number of aryl methyl sites for hydroxylation is 2. The molecule has 0 aliphatic rings. The lowest BCUT2D eigenvalue weighted by molar-refractivity contribution is -0.311. The Hall–Kier alpha value is -1.32. The first-order valence-electron chi connectivity index (χ1n) is 4.22. The molecule has 0 fully saturated rings. The summed E-state index contributed by atoms with van der Waals surface area (Å²) in [6.45, 7) is 5.78. The molecule has 72 valence electrons. The van der Waals surface area contributed by atoms with E-state index >= 15 is 0 Å². The summed E-state index contributed by atoms with van der Waals surface area (Å²) in [6, 6.07) is 1.92. The molecule has 0 saturated heterocycles. The van der Waals surface area contributed by atoms with Crippen molar-refractivity contribution in [2.75, 3.05) is 0 Å². The van der Waals surface area contributed by atoms with E-state index in [1.165, 1.54) is 0 Å². The van der Waals surface area contributed by atoms with E-state index in [9.17, 15) is 9.90 Å². The third-order valence-corrected chi connectivity index (χ3v) is 1.95. The molecule has 0 radical (unpaired) electrons. The van der Waals surface area contributed by atoms with Crippen LogP contribution in [0.2, 0.25) is 0 Å². The van der Waals surface area contributed by atoms with E-state index in [0.717, 1.165) is 11.4 Å². The number of hydrogen-bond donors (Lipinski definition) is 0. The van der Waals surface area contributed by atoms with Crippen molar-refractivity contribution >= 4 is 5.97 Å². The van der Waals surface area contributed by atoms with E-state index in [-0.39, 0.29) is 0 Å². The summed E-state index contributed by atoms with van der Waals surface area (Å²) in [5, 5.41) is 14.6. The molecule has 1 atom stereocenters. The smallest absolute Gasteiger partial charge is 0.0596 e. The number of rotatable bonds is 3. The van der Waals surface area contributed by atoms with Crippen molar-refractivity contribution < 1.29 is 9.90 Å². The quantitative estimate of drug-likeness (QED) is 0.653. The number of carbonyl (C=O) groups is 1. The van der Waals surface area contributed by atoms with Crippen molar-refractivity contribution in [2.24, 2.45) is 5.92 Å². The zero-order valence-electron chi connectivity index (χ0n) is 8.07. The highest BCUT2D eigenvalue weighted by molar-refractivity contribution is 5.66. The van der Waals surface area contributed by atoms with Gasteiger partial charge in [-0.25, -0.2) is 0 Å².